The first-order valence-electron chi connectivity index (χ1n) is 3.49. The molecule has 1 aromatic heterocycles. The number of aryl methyl sites for hydroxylation is 2. The summed E-state index contributed by atoms with van der Waals surface area (Å²) in [6.07, 6.45) is 0.846. The van der Waals surface area contributed by atoms with Crippen LogP contribution in [0.15, 0.2) is 6.58 Å². The van der Waals surface area contributed by atoms with Crippen LogP contribution in [0.25, 0.3) is 5.76 Å². The van der Waals surface area contributed by atoms with Gasteiger partial charge in [-0.1, -0.05) is 13.5 Å². The Bertz CT molecular complexity index is 278. The van der Waals surface area contributed by atoms with Gasteiger partial charge in [-0.15, -0.1) is 11.3 Å². The SMILES string of the molecule is C=C(O)c1sc(C)nc1CC. The molecule has 11 heavy (non-hydrogen) atoms. The Morgan fingerprint density at radius 2 is 2.36 bits per heavy atom. The minimum atomic E-state index is 0.132. The van der Waals surface area contributed by atoms with Crippen LogP contribution in [-0.4, -0.2) is 10.1 Å². The number of rotatable bonds is 2. The second-order valence-electron chi connectivity index (χ2n) is 2.31. The van der Waals surface area contributed by atoms with Gasteiger partial charge in [0.2, 0.25) is 0 Å². The van der Waals surface area contributed by atoms with Crippen LogP contribution in [0.2, 0.25) is 0 Å². The smallest absolute Gasteiger partial charge is 0.127 e. The quantitative estimate of drug-likeness (QED) is 0.690. The molecule has 1 N–H and O–H groups in total. The normalized spacial score (nSPS) is 10.0. The van der Waals surface area contributed by atoms with Gasteiger partial charge in [-0.2, -0.15) is 0 Å². The van der Waals surface area contributed by atoms with Gasteiger partial charge in [0.1, 0.15) is 5.76 Å². The second kappa shape index (κ2) is 3.05. The number of nitrogens with zero attached hydrogens (tertiary/aromatic N) is 1. The van der Waals surface area contributed by atoms with Crippen LogP contribution in [-0.2, 0) is 6.42 Å². The highest BCUT2D eigenvalue weighted by atomic mass is 32.1. The lowest BCUT2D eigenvalue weighted by Crippen LogP contribution is -1.85. The molecule has 0 unspecified atom stereocenters. The maximum Gasteiger partial charge on any atom is 0.127 e. The van der Waals surface area contributed by atoms with Crippen LogP contribution in [0.1, 0.15) is 22.5 Å². The van der Waals surface area contributed by atoms with Crippen molar-refractivity contribution in [2.24, 2.45) is 0 Å². The first-order valence-corrected chi connectivity index (χ1v) is 4.31. The molecule has 1 aromatic rings. The van der Waals surface area contributed by atoms with Crippen molar-refractivity contribution in [3.05, 3.63) is 22.2 Å². The van der Waals surface area contributed by atoms with Gasteiger partial charge in [0.05, 0.1) is 15.6 Å². The summed E-state index contributed by atoms with van der Waals surface area (Å²) in [4.78, 5) is 5.07. The summed E-state index contributed by atoms with van der Waals surface area (Å²) in [6.45, 7) is 7.41. The summed E-state index contributed by atoms with van der Waals surface area (Å²) in [7, 11) is 0. The van der Waals surface area contributed by atoms with E-state index in [1.54, 1.807) is 0 Å². The summed E-state index contributed by atoms with van der Waals surface area (Å²) in [6, 6.07) is 0. The van der Waals surface area contributed by atoms with E-state index in [4.69, 9.17) is 5.11 Å². The zero-order valence-electron chi connectivity index (χ0n) is 6.72. The monoisotopic (exact) mass is 169 g/mol. The number of hydrogen-bond acceptors (Lipinski definition) is 3. The molecule has 0 atom stereocenters. The molecule has 0 bridgehead atoms. The van der Waals surface area contributed by atoms with Crippen LogP contribution in [0.5, 0.6) is 0 Å². The number of aromatic nitrogens is 1. The third-order valence-electron chi connectivity index (χ3n) is 1.40. The van der Waals surface area contributed by atoms with E-state index in [-0.39, 0.29) is 5.76 Å². The van der Waals surface area contributed by atoms with Gasteiger partial charge in [-0.25, -0.2) is 4.98 Å². The number of thiazole rings is 1. The second-order valence-corrected chi connectivity index (χ2v) is 3.51. The Kier molecular flexibility index (Phi) is 2.29. The third-order valence-corrected chi connectivity index (χ3v) is 2.46. The fraction of sp³-hybridized carbons (Fsp3) is 0.375. The Hall–Kier alpha value is -0.830. The first-order chi connectivity index (χ1) is 5.15. The molecule has 1 heterocycles. The van der Waals surface area contributed by atoms with E-state index in [0.29, 0.717) is 0 Å². The molecule has 60 valence electrons. The zero-order chi connectivity index (χ0) is 8.43. The minimum absolute atomic E-state index is 0.132. The van der Waals surface area contributed by atoms with E-state index >= 15 is 0 Å². The predicted octanol–water partition coefficient (Wildman–Crippen LogP) is 2.54. The highest BCUT2D eigenvalue weighted by molar-refractivity contribution is 7.12. The predicted molar refractivity (Wildman–Crippen MR) is 47.9 cm³/mol. The maximum atomic E-state index is 9.12. The highest BCUT2D eigenvalue weighted by Gasteiger charge is 2.08. The molecule has 0 saturated carbocycles. The number of aliphatic hydroxyl groups excluding tert-OH is 1. The summed E-state index contributed by atoms with van der Waals surface area (Å²) < 4.78 is 0. The number of aliphatic hydroxyl groups is 1. The average molecular weight is 169 g/mol. The molecule has 0 fully saturated rings. The van der Waals surface area contributed by atoms with Gasteiger partial charge >= 0.3 is 0 Å². The molecule has 0 amide bonds. The molecule has 0 aromatic carbocycles. The van der Waals surface area contributed by atoms with Crippen molar-refractivity contribution in [3.8, 4) is 0 Å². The van der Waals surface area contributed by atoms with Crippen molar-refractivity contribution >= 4 is 17.1 Å². The van der Waals surface area contributed by atoms with Crippen molar-refractivity contribution in [1.82, 2.24) is 4.98 Å². The largest absolute Gasteiger partial charge is 0.507 e. The van der Waals surface area contributed by atoms with Gasteiger partial charge in [-0.3, -0.25) is 0 Å². The van der Waals surface area contributed by atoms with Crippen LogP contribution in [0.4, 0.5) is 0 Å². The maximum absolute atomic E-state index is 9.12. The van der Waals surface area contributed by atoms with Crippen molar-refractivity contribution in [2.45, 2.75) is 20.3 Å². The van der Waals surface area contributed by atoms with Crippen molar-refractivity contribution in [2.75, 3.05) is 0 Å². The molecule has 0 saturated heterocycles. The average Bonchev–Trinajstić information content (AvgIpc) is 2.30. The molecule has 2 nitrogen and oxygen atoms in total. The molecular weight excluding hydrogens is 158 g/mol. The van der Waals surface area contributed by atoms with E-state index in [0.717, 1.165) is 22.0 Å². The summed E-state index contributed by atoms with van der Waals surface area (Å²) in [5.41, 5.74) is 0.944. The van der Waals surface area contributed by atoms with Gasteiger partial charge in [0.25, 0.3) is 0 Å². The lowest BCUT2D eigenvalue weighted by Gasteiger charge is -1.94. The topological polar surface area (TPSA) is 33.1 Å². The summed E-state index contributed by atoms with van der Waals surface area (Å²) >= 11 is 1.49. The molecule has 3 heteroatoms. The lowest BCUT2D eigenvalue weighted by atomic mass is 10.3. The van der Waals surface area contributed by atoms with Crippen molar-refractivity contribution in [1.29, 1.82) is 0 Å². The fourth-order valence-corrected chi connectivity index (χ4v) is 1.81. The Morgan fingerprint density at radius 3 is 2.73 bits per heavy atom. The van der Waals surface area contributed by atoms with E-state index < -0.39 is 0 Å². The van der Waals surface area contributed by atoms with Gasteiger partial charge < -0.3 is 5.11 Å². The fourth-order valence-electron chi connectivity index (χ4n) is 0.935. The Labute approximate surface area is 70.2 Å². The van der Waals surface area contributed by atoms with E-state index in [1.807, 2.05) is 13.8 Å². The summed E-state index contributed by atoms with van der Waals surface area (Å²) in [5, 5.41) is 10.1. The van der Waals surface area contributed by atoms with Crippen molar-refractivity contribution in [3.63, 3.8) is 0 Å². The molecule has 0 radical (unpaired) electrons. The van der Waals surface area contributed by atoms with E-state index in [9.17, 15) is 0 Å². The molecule has 0 aliphatic rings. The zero-order valence-corrected chi connectivity index (χ0v) is 7.53. The van der Waals surface area contributed by atoms with Gasteiger partial charge in [0, 0.05) is 0 Å². The Balaban J connectivity index is 3.12. The number of hydrogen-bond donors (Lipinski definition) is 1. The minimum Gasteiger partial charge on any atom is -0.507 e. The Morgan fingerprint density at radius 1 is 1.73 bits per heavy atom. The third kappa shape index (κ3) is 1.60. The molecule has 0 aliphatic carbocycles. The first kappa shape index (κ1) is 8.27. The molecule has 0 aliphatic heterocycles. The highest BCUT2D eigenvalue weighted by Crippen LogP contribution is 2.23. The lowest BCUT2D eigenvalue weighted by molar-refractivity contribution is 0.515. The van der Waals surface area contributed by atoms with E-state index in [1.165, 1.54) is 11.3 Å². The van der Waals surface area contributed by atoms with Crippen LogP contribution in [0.3, 0.4) is 0 Å². The van der Waals surface area contributed by atoms with Crippen molar-refractivity contribution < 1.29 is 5.11 Å². The van der Waals surface area contributed by atoms with Crippen LogP contribution in [0, 0.1) is 6.92 Å². The van der Waals surface area contributed by atoms with Crippen LogP contribution >= 0.6 is 11.3 Å². The van der Waals surface area contributed by atoms with Gasteiger partial charge in [-0.05, 0) is 13.3 Å². The molecular formula is C8H11NOS. The van der Waals surface area contributed by atoms with E-state index in [2.05, 4.69) is 11.6 Å². The van der Waals surface area contributed by atoms with Crippen LogP contribution < -0.4 is 0 Å². The molecule has 1 rings (SSSR count). The van der Waals surface area contributed by atoms with Gasteiger partial charge in [0.15, 0.2) is 0 Å². The standard InChI is InChI=1S/C8H11NOS/c1-4-7-8(5(2)10)11-6(3)9-7/h10H,2,4H2,1,3H3. The summed E-state index contributed by atoms with van der Waals surface area (Å²) in [5.74, 6) is 0.132. The molecule has 0 spiro atoms.